The first-order valence-electron chi connectivity index (χ1n) is 5.03. The van der Waals surface area contributed by atoms with Crippen LogP contribution in [0.15, 0.2) is 0 Å². The van der Waals surface area contributed by atoms with Crippen molar-refractivity contribution >= 4 is 28.3 Å². The number of hydrogen-bond donors (Lipinski definition) is 3. The summed E-state index contributed by atoms with van der Waals surface area (Å²) in [6, 6.07) is -0.914. The van der Waals surface area contributed by atoms with Crippen LogP contribution in [0.25, 0.3) is 0 Å². The lowest BCUT2D eigenvalue weighted by Crippen LogP contribution is -2.43. The molecule has 18 heavy (non-hydrogen) atoms. The molecule has 108 valence electrons. The zero-order valence-electron chi connectivity index (χ0n) is 9.70. The Kier molecular flexibility index (Phi) is 6.41. The second-order valence-corrected chi connectivity index (χ2v) is 5.78. The van der Waals surface area contributed by atoms with Crippen LogP contribution in [-0.2, 0) is 14.8 Å². The first-order valence-corrected chi connectivity index (χ1v) is 6.92. The molecule has 0 aromatic heterocycles. The average molecular weight is 308 g/mol. The molecule has 0 radical (unpaired) electrons. The maximum atomic E-state index is 12.8. The van der Waals surface area contributed by atoms with Crippen molar-refractivity contribution in [1.29, 1.82) is 0 Å². The molecule has 1 aliphatic heterocycles. The summed E-state index contributed by atoms with van der Waals surface area (Å²) in [5, 5.41) is 4.78. The fraction of sp³-hybridized carbons (Fsp3) is 0.875. The van der Waals surface area contributed by atoms with Crippen LogP contribution in [-0.4, -0.2) is 52.2 Å². The summed E-state index contributed by atoms with van der Waals surface area (Å²) >= 11 is 0. The number of hydrogen-bond acceptors (Lipinski definition) is 4. The van der Waals surface area contributed by atoms with Crippen LogP contribution < -0.4 is 15.4 Å². The molecular weight excluding hydrogens is 292 g/mol. The van der Waals surface area contributed by atoms with Gasteiger partial charge in [0.2, 0.25) is 15.9 Å². The van der Waals surface area contributed by atoms with E-state index in [-0.39, 0.29) is 25.5 Å². The highest BCUT2D eigenvalue weighted by atomic mass is 35.5. The number of amides is 1. The predicted molar refractivity (Wildman–Crippen MR) is 64.5 cm³/mol. The monoisotopic (exact) mass is 307 g/mol. The van der Waals surface area contributed by atoms with Gasteiger partial charge in [0.1, 0.15) is 0 Å². The third-order valence-corrected chi connectivity index (χ3v) is 2.94. The van der Waals surface area contributed by atoms with Crippen LogP contribution in [0.1, 0.15) is 6.42 Å². The van der Waals surface area contributed by atoms with E-state index in [2.05, 4.69) is 15.4 Å². The third kappa shape index (κ3) is 6.43. The van der Waals surface area contributed by atoms with E-state index in [4.69, 9.17) is 0 Å². The van der Waals surface area contributed by atoms with Crippen LogP contribution in [0.2, 0.25) is 0 Å². The number of alkyl halides is 2. The molecule has 1 unspecified atom stereocenters. The van der Waals surface area contributed by atoms with Crippen molar-refractivity contribution in [2.75, 3.05) is 25.9 Å². The number of sulfonamides is 1. The number of rotatable bonds is 5. The highest BCUT2D eigenvalue weighted by Gasteiger charge is 2.42. The quantitative estimate of drug-likeness (QED) is 0.573. The minimum atomic E-state index is -3.30. The van der Waals surface area contributed by atoms with E-state index in [0.717, 1.165) is 6.26 Å². The molecule has 1 atom stereocenters. The minimum Gasteiger partial charge on any atom is -0.353 e. The Morgan fingerprint density at radius 2 is 2.06 bits per heavy atom. The molecule has 0 aromatic carbocycles. The maximum Gasteiger partial charge on any atom is 0.262 e. The second-order valence-electron chi connectivity index (χ2n) is 3.95. The van der Waals surface area contributed by atoms with Gasteiger partial charge in [-0.1, -0.05) is 0 Å². The van der Waals surface area contributed by atoms with Gasteiger partial charge in [-0.15, -0.1) is 12.4 Å². The lowest BCUT2D eigenvalue weighted by Gasteiger charge is -2.11. The van der Waals surface area contributed by atoms with Gasteiger partial charge in [0.25, 0.3) is 5.92 Å². The van der Waals surface area contributed by atoms with Gasteiger partial charge < -0.3 is 5.32 Å². The van der Waals surface area contributed by atoms with E-state index in [0.29, 0.717) is 0 Å². The summed E-state index contributed by atoms with van der Waals surface area (Å²) in [5.41, 5.74) is 0. The molecule has 0 spiro atoms. The van der Waals surface area contributed by atoms with Gasteiger partial charge in [-0.3, -0.25) is 10.1 Å². The Bertz CT molecular complexity index is 391. The zero-order valence-corrected chi connectivity index (χ0v) is 11.3. The molecule has 10 heteroatoms. The van der Waals surface area contributed by atoms with Crippen molar-refractivity contribution in [3.05, 3.63) is 0 Å². The number of nitrogens with one attached hydrogen (secondary N) is 3. The zero-order chi connectivity index (χ0) is 13.1. The van der Waals surface area contributed by atoms with Crippen LogP contribution in [0.3, 0.4) is 0 Å². The predicted octanol–water partition coefficient (Wildman–Crippen LogP) is -0.929. The minimum absolute atomic E-state index is 0. The highest BCUT2D eigenvalue weighted by Crippen LogP contribution is 2.24. The van der Waals surface area contributed by atoms with Gasteiger partial charge in [-0.25, -0.2) is 21.9 Å². The first kappa shape index (κ1) is 17.5. The van der Waals surface area contributed by atoms with E-state index in [9.17, 15) is 22.0 Å². The van der Waals surface area contributed by atoms with Gasteiger partial charge in [-0.05, 0) is 0 Å². The standard InChI is InChI=1S/C8H15F2N3O3S.ClH/c1-17(15,16)13-3-2-11-7(14)6-4-8(9,10)5-12-6;/h6,12-13H,2-5H2,1H3,(H,11,14);1H. The molecule has 1 aliphatic rings. The summed E-state index contributed by atoms with van der Waals surface area (Å²) in [6.45, 7) is -0.407. The van der Waals surface area contributed by atoms with Crippen molar-refractivity contribution < 1.29 is 22.0 Å². The van der Waals surface area contributed by atoms with Gasteiger partial charge >= 0.3 is 0 Å². The molecule has 0 aliphatic carbocycles. The molecule has 0 aromatic rings. The molecule has 0 saturated carbocycles. The van der Waals surface area contributed by atoms with Gasteiger partial charge in [0.15, 0.2) is 0 Å². The first-order chi connectivity index (χ1) is 7.70. The third-order valence-electron chi connectivity index (χ3n) is 2.21. The molecule has 6 nitrogen and oxygen atoms in total. The summed E-state index contributed by atoms with van der Waals surface area (Å²) in [5.74, 6) is -3.40. The summed E-state index contributed by atoms with van der Waals surface area (Å²) in [6.07, 6.45) is 0.465. The van der Waals surface area contributed by atoms with Crippen LogP contribution >= 0.6 is 12.4 Å². The largest absolute Gasteiger partial charge is 0.353 e. The molecule has 3 N–H and O–H groups in total. The molecule has 1 fully saturated rings. The van der Waals surface area contributed by atoms with Crippen molar-refractivity contribution in [1.82, 2.24) is 15.4 Å². The van der Waals surface area contributed by atoms with Gasteiger partial charge in [0.05, 0.1) is 18.8 Å². The van der Waals surface area contributed by atoms with Gasteiger partial charge in [0, 0.05) is 19.5 Å². The fourth-order valence-electron chi connectivity index (χ4n) is 1.45. The van der Waals surface area contributed by atoms with Crippen molar-refractivity contribution in [3.8, 4) is 0 Å². The van der Waals surface area contributed by atoms with Crippen molar-refractivity contribution in [2.45, 2.75) is 18.4 Å². The molecule has 1 saturated heterocycles. The Hall–Kier alpha value is -0.510. The summed E-state index contributed by atoms with van der Waals surface area (Å²) in [7, 11) is -3.30. The van der Waals surface area contributed by atoms with E-state index in [1.165, 1.54) is 0 Å². The summed E-state index contributed by atoms with van der Waals surface area (Å²) in [4.78, 5) is 11.4. The molecule has 1 amide bonds. The van der Waals surface area contributed by atoms with Crippen LogP contribution in [0.5, 0.6) is 0 Å². The Morgan fingerprint density at radius 1 is 1.44 bits per heavy atom. The van der Waals surface area contributed by atoms with Gasteiger partial charge in [-0.2, -0.15) is 0 Å². The second kappa shape index (κ2) is 6.60. The lowest BCUT2D eigenvalue weighted by atomic mass is 10.2. The van der Waals surface area contributed by atoms with Crippen molar-refractivity contribution in [2.24, 2.45) is 0 Å². The molecular formula is C8H16ClF2N3O3S. The number of carbonyl (C=O) groups excluding carboxylic acids is 1. The smallest absolute Gasteiger partial charge is 0.262 e. The number of carbonyl (C=O) groups is 1. The highest BCUT2D eigenvalue weighted by molar-refractivity contribution is 7.88. The Labute approximate surface area is 110 Å². The SMILES string of the molecule is CS(=O)(=O)NCCNC(=O)C1CC(F)(F)CN1.Cl. The molecule has 1 rings (SSSR count). The normalized spacial score (nSPS) is 22.3. The van der Waals surface area contributed by atoms with E-state index in [1.54, 1.807) is 0 Å². The van der Waals surface area contributed by atoms with E-state index >= 15 is 0 Å². The molecule has 1 heterocycles. The Balaban J connectivity index is 0.00000289. The topological polar surface area (TPSA) is 87.3 Å². The number of halogens is 3. The van der Waals surface area contributed by atoms with E-state index < -0.39 is 40.9 Å². The molecule has 0 bridgehead atoms. The maximum absolute atomic E-state index is 12.8. The van der Waals surface area contributed by atoms with E-state index in [1.807, 2.05) is 0 Å². The Morgan fingerprint density at radius 3 is 2.50 bits per heavy atom. The average Bonchev–Trinajstić information content (AvgIpc) is 2.52. The van der Waals surface area contributed by atoms with Crippen LogP contribution in [0.4, 0.5) is 8.78 Å². The van der Waals surface area contributed by atoms with Crippen LogP contribution in [0, 0.1) is 0 Å². The fourth-order valence-corrected chi connectivity index (χ4v) is 1.92. The summed E-state index contributed by atoms with van der Waals surface area (Å²) < 4.78 is 49.1. The lowest BCUT2D eigenvalue weighted by molar-refractivity contribution is -0.123. The van der Waals surface area contributed by atoms with Crippen molar-refractivity contribution in [3.63, 3.8) is 0 Å².